The third-order valence-electron chi connectivity index (χ3n) is 4.71. The van der Waals surface area contributed by atoms with E-state index in [2.05, 4.69) is 10.3 Å². The molecule has 4 N–H and O–H groups in total. The lowest BCUT2D eigenvalue weighted by Gasteiger charge is -2.39. The van der Waals surface area contributed by atoms with Gasteiger partial charge in [-0.3, -0.25) is 4.57 Å². The van der Waals surface area contributed by atoms with Crippen LogP contribution < -0.4 is 0 Å². The van der Waals surface area contributed by atoms with Crippen LogP contribution in [0, 0.1) is 0 Å². The lowest BCUT2D eigenvalue weighted by Crippen LogP contribution is -2.56. The molecule has 0 radical (unpaired) electrons. The summed E-state index contributed by atoms with van der Waals surface area (Å²) in [5.74, 6) is 0. The Morgan fingerprint density at radius 2 is 1.86 bits per heavy atom. The summed E-state index contributed by atoms with van der Waals surface area (Å²) in [5, 5.41) is 47.5. The zero-order chi connectivity index (χ0) is 20.9. The van der Waals surface area contributed by atoms with E-state index in [0.29, 0.717) is 12.1 Å². The fourth-order valence-corrected chi connectivity index (χ4v) is 5.32. The van der Waals surface area contributed by atoms with Crippen LogP contribution in [0.3, 0.4) is 0 Å². The summed E-state index contributed by atoms with van der Waals surface area (Å²) in [4.78, 5) is 0. The van der Waals surface area contributed by atoms with E-state index in [9.17, 15) is 19.9 Å². The van der Waals surface area contributed by atoms with Crippen LogP contribution >= 0.6 is 7.60 Å². The van der Waals surface area contributed by atoms with Crippen LogP contribution in [0.15, 0.2) is 6.20 Å². The molecule has 162 valence electrons. The highest BCUT2D eigenvalue weighted by atomic mass is 31.2. The van der Waals surface area contributed by atoms with E-state index in [4.69, 9.17) is 18.9 Å². The standard InChI is InChI=1S/C16H30N3O8P/c1-4-11(28(24,25-5-2)26-6-3)7-10-8-19(18-17-10)13-15(22)14(21)12(9-20)27-16(13)23/h8,11-16,20-23H,4-7,9H2,1-3H3/t11?,12-,13-,14-,15-,16?/m1/s1. The summed E-state index contributed by atoms with van der Waals surface area (Å²) in [6, 6.07) is -1.11. The number of aliphatic hydroxyl groups is 4. The van der Waals surface area contributed by atoms with Crippen molar-refractivity contribution in [1.29, 1.82) is 0 Å². The number of hydrogen-bond acceptors (Lipinski definition) is 10. The molecule has 0 amide bonds. The van der Waals surface area contributed by atoms with Gasteiger partial charge in [-0.05, 0) is 20.3 Å². The molecule has 11 nitrogen and oxygen atoms in total. The maximum atomic E-state index is 13.0. The molecule has 0 bridgehead atoms. The molecular weight excluding hydrogens is 393 g/mol. The molecule has 0 spiro atoms. The van der Waals surface area contributed by atoms with Gasteiger partial charge in [-0.15, -0.1) is 5.10 Å². The number of aliphatic hydroxyl groups excluding tert-OH is 4. The molecule has 2 unspecified atom stereocenters. The van der Waals surface area contributed by atoms with Gasteiger partial charge in [-0.2, -0.15) is 0 Å². The van der Waals surface area contributed by atoms with Crippen molar-refractivity contribution in [3.8, 4) is 0 Å². The maximum absolute atomic E-state index is 13.0. The fourth-order valence-electron chi connectivity index (χ4n) is 3.25. The quantitative estimate of drug-likeness (QED) is 0.373. The molecule has 0 aromatic carbocycles. The zero-order valence-electron chi connectivity index (χ0n) is 16.3. The number of rotatable bonds is 10. The highest BCUT2D eigenvalue weighted by Crippen LogP contribution is 2.55. The summed E-state index contributed by atoms with van der Waals surface area (Å²) >= 11 is 0. The van der Waals surface area contributed by atoms with Crippen LogP contribution in [-0.2, 0) is 24.8 Å². The molecule has 1 aromatic heterocycles. The van der Waals surface area contributed by atoms with Crippen molar-refractivity contribution in [2.75, 3.05) is 19.8 Å². The van der Waals surface area contributed by atoms with Crippen LogP contribution in [0.2, 0.25) is 0 Å². The third kappa shape index (κ3) is 4.98. The first kappa shape index (κ1) is 23.4. The summed E-state index contributed by atoms with van der Waals surface area (Å²) in [6.45, 7) is 5.31. The number of nitrogens with zero attached hydrogens (tertiary/aromatic N) is 3. The van der Waals surface area contributed by atoms with E-state index in [-0.39, 0.29) is 19.6 Å². The van der Waals surface area contributed by atoms with Gasteiger partial charge in [0, 0.05) is 12.6 Å². The molecular formula is C16H30N3O8P. The minimum absolute atomic E-state index is 0.252. The predicted octanol–water partition coefficient (Wildman–Crippen LogP) is -0.162. The smallest absolute Gasteiger partial charge is 0.334 e. The number of ether oxygens (including phenoxy) is 1. The van der Waals surface area contributed by atoms with Crippen LogP contribution in [-0.4, -0.2) is 85.5 Å². The molecule has 2 heterocycles. The van der Waals surface area contributed by atoms with E-state index >= 15 is 0 Å². The summed E-state index contributed by atoms with van der Waals surface area (Å²) in [5.41, 5.74) is 0.0315. The van der Waals surface area contributed by atoms with Crippen LogP contribution in [0.25, 0.3) is 0 Å². The predicted molar refractivity (Wildman–Crippen MR) is 97.7 cm³/mol. The molecule has 2 rings (SSSR count). The molecule has 0 saturated carbocycles. The van der Waals surface area contributed by atoms with E-state index in [1.165, 1.54) is 10.9 Å². The first-order valence-electron chi connectivity index (χ1n) is 9.41. The van der Waals surface area contributed by atoms with Gasteiger partial charge < -0.3 is 34.2 Å². The second-order valence-electron chi connectivity index (χ2n) is 6.55. The highest BCUT2D eigenvalue weighted by molar-refractivity contribution is 7.54. The van der Waals surface area contributed by atoms with Gasteiger partial charge >= 0.3 is 7.60 Å². The highest BCUT2D eigenvalue weighted by Gasteiger charge is 2.45. The van der Waals surface area contributed by atoms with Gasteiger partial charge in [0.05, 0.1) is 31.2 Å². The van der Waals surface area contributed by atoms with Crippen LogP contribution in [0.4, 0.5) is 0 Å². The van der Waals surface area contributed by atoms with Gasteiger partial charge in [0.25, 0.3) is 0 Å². The normalized spacial score (nSPS) is 29.8. The van der Waals surface area contributed by atoms with E-state index in [0.717, 1.165) is 0 Å². The molecule has 0 aliphatic carbocycles. The minimum atomic E-state index is -3.33. The van der Waals surface area contributed by atoms with Crippen molar-refractivity contribution in [2.24, 2.45) is 0 Å². The third-order valence-corrected chi connectivity index (χ3v) is 7.39. The average Bonchev–Trinajstić information content (AvgIpc) is 3.11. The summed E-state index contributed by atoms with van der Waals surface area (Å²) in [6.07, 6.45) is -3.14. The van der Waals surface area contributed by atoms with E-state index in [1.54, 1.807) is 13.8 Å². The van der Waals surface area contributed by atoms with Crippen molar-refractivity contribution < 1.29 is 38.8 Å². The molecule has 28 heavy (non-hydrogen) atoms. The largest absolute Gasteiger partial charge is 0.394 e. The summed E-state index contributed by atoms with van der Waals surface area (Å²) in [7, 11) is -3.33. The average molecular weight is 423 g/mol. The second kappa shape index (κ2) is 10.2. The molecule has 12 heteroatoms. The minimum Gasteiger partial charge on any atom is -0.394 e. The van der Waals surface area contributed by atoms with Gasteiger partial charge in [-0.25, -0.2) is 4.68 Å². The Balaban J connectivity index is 2.17. The molecule has 6 atom stereocenters. The Hall–Kier alpha value is -0.910. The fraction of sp³-hybridized carbons (Fsp3) is 0.875. The Labute approximate surface area is 163 Å². The Morgan fingerprint density at radius 1 is 1.21 bits per heavy atom. The number of hydrogen-bond donors (Lipinski definition) is 4. The maximum Gasteiger partial charge on any atom is 0.334 e. The first-order chi connectivity index (χ1) is 13.3. The zero-order valence-corrected chi connectivity index (χ0v) is 17.2. The van der Waals surface area contributed by atoms with Gasteiger partial charge in [0.15, 0.2) is 6.29 Å². The Kier molecular flexibility index (Phi) is 8.53. The topological polar surface area (TPSA) is 156 Å². The monoisotopic (exact) mass is 423 g/mol. The van der Waals surface area contributed by atoms with Crippen molar-refractivity contribution in [3.05, 3.63) is 11.9 Å². The molecule has 1 fully saturated rings. The molecule has 1 aliphatic heterocycles. The van der Waals surface area contributed by atoms with Crippen molar-refractivity contribution in [3.63, 3.8) is 0 Å². The Morgan fingerprint density at radius 3 is 2.39 bits per heavy atom. The van der Waals surface area contributed by atoms with Crippen molar-refractivity contribution >= 4 is 7.60 Å². The molecule has 1 aromatic rings. The van der Waals surface area contributed by atoms with Crippen molar-refractivity contribution in [1.82, 2.24) is 15.0 Å². The second-order valence-corrected chi connectivity index (χ2v) is 8.88. The van der Waals surface area contributed by atoms with Gasteiger partial charge in [0.1, 0.15) is 24.4 Å². The lowest BCUT2D eigenvalue weighted by atomic mass is 9.97. The summed E-state index contributed by atoms with van der Waals surface area (Å²) < 4.78 is 30.2. The van der Waals surface area contributed by atoms with Gasteiger partial charge in [0.2, 0.25) is 0 Å². The van der Waals surface area contributed by atoms with Crippen molar-refractivity contribution in [2.45, 2.75) is 69.9 Å². The lowest BCUT2D eigenvalue weighted by molar-refractivity contribution is -0.265. The van der Waals surface area contributed by atoms with E-state index < -0.39 is 50.5 Å². The Bertz CT molecular complexity index is 650. The SMILES string of the molecule is CCOP(=O)(OCC)C(CC)Cc1cn([C@H]2C(O)O[C@H](CO)[C@@H](O)[C@@H]2O)nn1. The van der Waals surface area contributed by atoms with Gasteiger partial charge in [-0.1, -0.05) is 12.1 Å². The number of aromatic nitrogens is 3. The van der Waals surface area contributed by atoms with Crippen LogP contribution in [0.1, 0.15) is 38.9 Å². The van der Waals surface area contributed by atoms with E-state index in [1.807, 2.05) is 6.92 Å². The molecule has 1 saturated heterocycles. The van der Waals surface area contributed by atoms with Crippen LogP contribution in [0.5, 0.6) is 0 Å². The molecule has 1 aliphatic rings. The first-order valence-corrected chi connectivity index (χ1v) is 11.0.